The van der Waals surface area contributed by atoms with Gasteiger partial charge in [-0.2, -0.15) is 0 Å². The van der Waals surface area contributed by atoms with E-state index in [1.165, 1.54) is 6.20 Å². The summed E-state index contributed by atoms with van der Waals surface area (Å²) in [6, 6.07) is 13.5. The van der Waals surface area contributed by atoms with Gasteiger partial charge in [0.1, 0.15) is 11.0 Å². The molecule has 0 aliphatic rings. The van der Waals surface area contributed by atoms with Crippen LogP contribution in [0, 0.1) is 13.8 Å². The molecule has 5 nitrogen and oxygen atoms in total. The topological polar surface area (TPSA) is 66.9 Å². The van der Waals surface area contributed by atoms with E-state index in [1.807, 2.05) is 63.2 Å². The van der Waals surface area contributed by atoms with Crippen molar-refractivity contribution in [2.24, 2.45) is 0 Å². The van der Waals surface area contributed by atoms with Gasteiger partial charge >= 0.3 is 0 Å². The number of carbonyl (C=O) groups is 1. The molecule has 0 saturated carbocycles. The van der Waals surface area contributed by atoms with Gasteiger partial charge in [0.15, 0.2) is 0 Å². The van der Waals surface area contributed by atoms with Crippen LogP contribution in [0.15, 0.2) is 54.9 Å². The van der Waals surface area contributed by atoms with Crippen LogP contribution in [0.4, 0.5) is 11.5 Å². The second kappa shape index (κ2) is 8.18. The third-order valence-corrected chi connectivity index (χ3v) is 4.43. The first-order chi connectivity index (χ1) is 12.9. The van der Waals surface area contributed by atoms with Crippen molar-refractivity contribution in [1.82, 2.24) is 9.97 Å². The lowest BCUT2D eigenvalue weighted by molar-refractivity contribution is 0.102. The minimum Gasteiger partial charge on any atom is -0.362 e. The summed E-state index contributed by atoms with van der Waals surface area (Å²) in [7, 11) is 0. The van der Waals surface area contributed by atoms with Crippen molar-refractivity contribution >= 4 is 29.0 Å². The summed E-state index contributed by atoms with van der Waals surface area (Å²) in [6.45, 7) is 5.92. The van der Waals surface area contributed by atoms with E-state index >= 15 is 0 Å². The van der Waals surface area contributed by atoms with E-state index in [1.54, 1.807) is 6.20 Å². The van der Waals surface area contributed by atoms with Crippen LogP contribution in [-0.4, -0.2) is 15.9 Å². The van der Waals surface area contributed by atoms with Crippen molar-refractivity contribution in [2.75, 3.05) is 10.6 Å². The molecular weight excluding hydrogens is 360 g/mol. The molecule has 0 aliphatic heterocycles. The van der Waals surface area contributed by atoms with Crippen molar-refractivity contribution < 1.29 is 4.79 Å². The van der Waals surface area contributed by atoms with Crippen molar-refractivity contribution in [3.8, 4) is 0 Å². The van der Waals surface area contributed by atoms with Crippen LogP contribution in [0.1, 0.15) is 40.0 Å². The average molecular weight is 381 g/mol. The van der Waals surface area contributed by atoms with Crippen LogP contribution in [0.2, 0.25) is 5.15 Å². The first-order valence-electron chi connectivity index (χ1n) is 8.65. The lowest BCUT2D eigenvalue weighted by Gasteiger charge is -2.16. The Labute approximate surface area is 163 Å². The van der Waals surface area contributed by atoms with E-state index < -0.39 is 0 Å². The Bertz CT molecular complexity index is 974. The maximum absolute atomic E-state index is 12.6. The van der Waals surface area contributed by atoms with Crippen LogP contribution < -0.4 is 10.6 Å². The molecule has 0 saturated heterocycles. The second-order valence-electron chi connectivity index (χ2n) is 6.49. The Kier molecular flexibility index (Phi) is 5.72. The fourth-order valence-electron chi connectivity index (χ4n) is 2.78. The number of hydrogen-bond acceptors (Lipinski definition) is 4. The fraction of sp³-hybridized carbons (Fsp3) is 0.190. The van der Waals surface area contributed by atoms with Crippen LogP contribution >= 0.6 is 11.6 Å². The standard InChI is InChI=1S/C21H21ClN4O/c1-13-7-8-14(2)18(9-13)21(27)25-17-6-4-5-16(10-17)15(3)24-20-12-23-11-19(22)26-20/h4-12,15H,1-3H3,(H,24,26)(H,25,27)/t15-/m0/s1. The van der Waals surface area contributed by atoms with E-state index in [2.05, 4.69) is 20.6 Å². The van der Waals surface area contributed by atoms with Gasteiger partial charge in [-0.3, -0.25) is 9.78 Å². The van der Waals surface area contributed by atoms with Crippen molar-refractivity contribution in [3.63, 3.8) is 0 Å². The Balaban J connectivity index is 1.75. The number of aromatic nitrogens is 2. The highest BCUT2D eigenvalue weighted by molar-refractivity contribution is 6.29. The SMILES string of the molecule is Cc1ccc(C)c(C(=O)Nc2cccc([C@H](C)Nc3cncc(Cl)n3)c2)c1. The number of amides is 1. The minimum atomic E-state index is -0.116. The molecule has 0 unspecified atom stereocenters. The highest BCUT2D eigenvalue weighted by atomic mass is 35.5. The highest BCUT2D eigenvalue weighted by Gasteiger charge is 2.12. The van der Waals surface area contributed by atoms with Gasteiger partial charge < -0.3 is 10.6 Å². The highest BCUT2D eigenvalue weighted by Crippen LogP contribution is 2.22. The molecule has 0 spiro atoms. The lowest BCUT2D eigenvalue weighted by atomic mass is 10.0. The van der Waals surface area contributed by atoms with Gasteiger partial charge in [-0.1, -0.05) is 41.4 Å². The molecule has 138 valence electrons. The van der Waals surface area contributed by atoms with Crippen LogP contribution in [-0.2, 0) is 0 Å². The van der Waals surface area contributed by atoms with Gasteiger partial charge in [0.2, 0.25) is 0 Å². The maximum Gasteiger partial charge on any atom is 0.255 e. The molecule has 2 N–H and O–H groups in total. The molecule has 3 rings (SSSR count). The van der Waals surface area contributed by atoms with Crippen molar-refractivity contribution in [3.05, 3.63) is 82.3 Å². The Morgan fingerprint density at radius 2 is 1.93 bits per heavy atom. The molecule has 3 aromatic rings. The molecule has 2 aromatic carbocycles. The van der Waals surface area contributed by atoms with Crippen molar-refractivity contribution in [1.29, 1.82) is 0 Å². The molecule has 0 aliphatic carbocycles. The number of halogens is 1. The van der Waals surface area contributed by atoms with Gasteiger partial charge in [0.25, 0.3) is 5.91 Å². The van der Waals surface area contributed by atoms with Crippen molar-refractivity contribution in [2.45, 2.75) is 26.8 Å². The molecule has 27 heavy (non-hydrogen) atoms. The smallest absolute Gasteiger partial charge is 0.255 e. The summed E-state index contributed by atoms with van der Waals surface area (Å²) in [4.78, 5) is 20.8. The van der Waals surface area contributed by atoms with Crippen LogP contribution in [0.5, 0.6) is 0 Å². The molecule has 1 amide bonds. The number of nitrogens with zero attached hydrogens (tertiary/aromatic N) is 2. The molecule has 1 heterocycles. The second-order valence-corrected chi connectivity index (χ2v) is 6.88. The van der Waals surface area contributed by atoms with E-state index in [-0.39, 0.29) is 11.9 Å². The van der Waals surface area contributed by atoms with E-state index in [4.69, 9.17) is 11.6 Å². The third kappa shape index (κ3) is 4.83. The molecular formula is C21H21ClN4O. The zero-order valence-corrected chi connectivity index (χ0v) is 16.2. The summed E-state index contributed by atoms with van der Waals surface area (Å²) in [5.74, 6) is 0.481. The number of anilines is 2. The lowest BCUT2D eigenvalue weighted by Crippen LogP contribution is -2.14. The maximum atomic E-state index is 12.6. The Morgan fingerprint density at radius 3 is 2.70 bits per heavy atom. The summed E-state index contributed by atoms with van der Waals surface area (Å²) >= 11 is 5.88. The summed E-state index contributed by atoms with van der Waals surface area (Å²) in [5.41, 5.74) is 4.43. The predicted molar refractivity (Wildman–Crippen MR) is 109 cm³/mol. The molecule has 1 atom stereocenters. The molecule has 0 fully saturated rings. The summed E-state index contributed by atoms with van der Waals surface area (Å²) < 4.78 is 0. The van der Waals surface area contributed by atoms with Gasteiger partial charge in [0.05, 0.1) is 18.4 Å². The normalized spacial score (nSPS) is 11.7. The first-order valence-corrected chi connectivity index (χ1v) is 9.03. The zero-order chi connectivity index (χ0) is 19.4. The van der Waals surface area contributed by atoms with E-state index in [9.17, 15) is 4.79 Å². The van der Waals surface area contributed by atoms with E-state index in [0.717, 1.165) is 22.4 Å². The molecule has 0 radical (unpaired) electrons. The van der Waals surface area contributed by atoms with Gasteiger partial charge in [-0.05, 0) is 50.1 Å². The Hall–Kier alpha value is -2.92. The number of hydrogen-bond donors (Lipinski definition) is 2. The predicted octanol–water partition coefficient (Wildman–Crippen LogP) is 5.17. The quantitative estimate of drug-likeness (QED) is 0.640. The summed E-state index contributed by atoms with van der Waals surface area (Å²) in [6.07, 6.45) is 3.11. The van der Waals surface area contributed by atoms with E-state index in [0.29, 0.717) is 16.5 Å². The van der Waals surface area contributed by atoms with Gasteiger partial charge in [-0.15, -0.1) is 0 Å². The number of nitrogens with one attached hydrogen (secondary N) is 2. The van der Waals surface area contributed by atoms with Crippen LogP contribution in [0.25, 0.3) is 0 Å². The van der Waals surface area contributed by atoms with Crippen LogP contribution in [0.3, 0.4) is 0 Å². The fourth-order valence-corrected chi connectivity index (χ4v) is 2.93. The summed E-state index contributed by atoms with van der Waals surface area (Å²) in [5, 5.41) is 6.57. The molecule has 1 aromatic heterocycles. The Morgan fingerprint density at radius 1 is 1.11 bits per heavy atom. The van der Waals surface area contributed by atoms with Gasteiger partial charge in [-0.25, -0.2) is 4.98 Å². The third-order valence-electron chi connectivity index (χ3n) is 4.25. The number of carbonyl (C=O) groups excluding carboxylic acids is 1. The number of aryl methyl sites for hydroxylation is 2. The molecule has 0 bridgehead atoms. The zero-order valence-electron chi connectivity index (χ0n) is 15.5. The number of benzene rings is 2. The monoisotopic (exact) mass is 380 g/mol. The van der Waals surface area contributed by atoms with Gasteiger partial charge in [0, 0.05) is 11.3 Å². The first kappa shape index (κ1) is 18.9. The number of rotatable bonds is 5. The largest absolute Gasteiger partial charge is 0.362 e. The average Bonchev–Trinajstić information content (AvgIpc) is 2.64. The molecule has 6 heteroatoms. The minimum absolute atomic E-state index is 0.0321.